The molecule has 1 saturated heterocycles. The molecular formula is C20H20F3N3O4S. The van der Waals surface area contributed by atoms with Gasteiger partial charge in [0.15, 0.2) is 0 Å². The van der Waals surface area contributed by atoms with Crippen molar-refractivity contribution in [3.05, 3.63) is 53.2 Å². The second-order valence-corrected chi connectivity index (χ2v) is 9.62. The van der Waals surface area contributed by atoms with Crippen molar-refractivity contribution in [3.8, 4) is 11.3 Å². The number of alkyl halides is 3. The molecule has 1 aliphatic heterocycles. The summed E-state index contributed by atoms with van der Waals surface area (Å²) in [4.78, 5) is 16.0. The number of sulfonamides is 1. The van der Waals surface area contributed by atoms with E-state index < -0.39 is 38.9 Å². The van der Waals surface area contributed by atoms with E-state index in [1.807, 2.05) is 0 Å². The van der Waals surface area contributed by atoms with Crippen molar-refractivity contribution in [2.24, 2.45) is 5.92 Å². The van der Waals surface area contributed by atoms with Gasteiger partial charge in [-0.25, -0.2) is 8.42 Å². The van der Waals surface area contributed by atoms with Crippen molar-refractivity contribution in [2.75, 3.05) is 26.2 Å². The Morgan fingerprint density at radius 1 is 1.19 bits per heavy atom. The van der Waals surface area contributed by atoms with Gasteiger partial charge in [-0.2, -0.15) is 17.5 Å². The number of carboxylic acids is 1. The van der Waals surface area contributed by atoms with Gasteiger partial charge in [0.05, 0.1) is 17.2 Å². The number of hydrogen-bond donors (Lipinski definition) is 2. The fraction of sp³-hybridized carbons (Fsp3) is 0.400. The predicted octanol–water partition coefficient (Wildman–Crippen LogP) is 2.30. The number of piperazine rings is 1. The summed E-state index contributed by atoms with van der Waals surface area (Å²) >= 11 is 0. The Bertz CT molecular complexity index is 1110. The molecule has 7 nitrogen and oxygen atoms in total. The number of fused-ring (bicyclic) bond motifs is 1. The van der Waals surface area contributed by atoms with Crippen molar-refractivity contribution in [3.63, 3.8) is 0 Å². The van der Waals surface area contributed by atoms with Gasteiger partial charge in [-0.05, 0) is 29.7 Å². The molecule has 2 N–H and O–H groups in total. The van der Waals surface area contributed by atoms with Crippen LogP contribution in [-0.2, 0) is 27.4 Å². The highest BCUT2D eigenvalue weighted by molar-refractivity contribution is 7.89. The highest BCUT2D eigenvalue weighted by atomic mass is 32.2. The van der Waals surface area contributed by atoms with E-state index in [-0.39, 0.29) is 25.2 Å². The summed E-state index contributed by atoms with van der Waals surface area (Å²) in [6.45, 7) is 1.39. The molecule has 0 spiro atoms. The maximum absolute atomic E-state index is 13.4. The molecule has 0 radical (unpaired) electrons. The normalized spacial score (nSPS) is 22.3. The summed E-state index contributed by atoms with van der Waals surface area (Å²) in [6.07, 6.45) is -3.63. The third kappa shape index (κ3) is 3.92. The molecule has 1 aromatic carbocycles. The average Bonchev–Trinajstić information content (AvgIpc) is 3.15. The number of rotatable bonds is 4. The van der Waals surface area contributed by atoms with Crippen LogP contribution in [0.2, 0.25) is 0 Å². The Kier molecular flexibility index (Phi) is 5.52. The highest BCUT2D eigenvalue weighted by Gasteiger charge is 2.48. The van der Waals surface area contributed by atoms with Gasteiger partial charge in [-0.15, -0.1) is 0 Å². The first-order chi connectivity index (χ1) is 14.6. The molecule has 4 rings (SSSR count). The van der Waals surface area contributed by atoms with Crippen LogP contribution < -0.4 is 5.32 Å². The number of aliphatic carboxylic acids is 1. The maximum Gasteiger partial charge on any atom is 0.416 e. The van der Waals surface area contributed by atoms with Gasteiger partial charge < -0.3 is 10.4 Å². The van der Waals surface area contributed by atoms with Crippen molar-refractivity contribution >= 4 is 16.0 Å². The molecule has 1 fully saturated rings. The maximum atomic E-state index is 13.4. The fourth-order valence-electron chi connectivity index (χ4n) is 4.28. The van der Waals surface area contributed by atoms with Gasteiger partial charge in [-0.3, -0.25) is 9.78 Å². The van der Waals surface area contributed by atoms with E-state index in [4.69, 9.17) is 0 Å². The first kappa shape index (κ1) is 21.7. The van der Waals surface area contributed by atoms with Gasteiger partial charge >= 0.3 is 12.1 Å². The van der Waals surface area contributed by atoms with Gasteiger partial charge in [0.2, 0.25) is 10.0 Å². The quantitative estimate of drug-likeness (QED) is 0.734. The Balaban J connectivity index is 1.82. The van der Waals surface area contributed by atoms with Crippen molar-refractivity contribution in [1.82, 2.24) is 14.6 Å². The first-order valence-electron chi connectivity index (χ1n) is 9.68. The molecular weight excluding hydrogens is 435 g/mol. The molecule has 0 amide bonds. The van der Waals surface area contributed by atoms with Crippen LogP contribution in [0.1, 0.15) is 21.9 Å². The summed E-state index contributed by atoms with van der Waals surface area (Å²) in [7, 11) is -3.99. The second kappa shape index (κ2) is 7.88. The summed E-state index contributed by atoms with van der Waals surface area (Å²) in [6, 6.07) is 6.36. The van der Waals surface area contributed by atoms with Crippen LogP contribution in [0.25, 0.3) is 11.3 Å². The van der Waals surface area contributed by atoms with E-state index in [1.54, 1.807) is 12.1 Å². The van der Waals surface area contributed by atoms with Crippen LogP contribution in [0.5, 0.6) is 0 Å². The lowest BCUT2D eigenvalue weighted by Crippen LogP contribution is -2.48. The minimum atomic E-state index is -4.56. The van der Waals surface area contributed by atoms with E-state index in [0.29, 0.717) is 29.8 Å². The summed E-state index contributed by atoms with van der Waals surface area (Å²) in [5, 5.41) is 11.5. The zero-order valence-corrected chi connectivity index (χ0v) is 17.1. The number of nitrogens with zero attached hydrogens (tertiary/aromatic N) is 2. The molecule has 0 saturated carbocycles. The van der Waals surface area contributed by atoms with E-state index in [9.17, 15) is 31.5 Å². The molecule has 31 heavy (non-hydrogen) atoms. The Labute approximate surface area is 177 Å². The van der Waals surface area contributed by atoms with Gasteiger partial charge in [0.25, 0.3) is 0 Å². The Morgan fingerprint density at radius 3 is 2.55 bits per heavy atom. The Hall–Kier alpha value is -2.50. The number of benzene rings is 1. The topological polar surface area (TPSA) is 99.6 Å². The lowest BCUT2D eigenvalue weighted by atomic mass is 9.99. The Morgan fingerprint density at radius 2 is 1.90 bits per heavy atom. The minimum Gasteiger partial charge on any atom is -0.481 e. The lowest BCUT2D eigenvalue weighted by Gasteiger charge is -2.31. The highest BCUT2D eigenvalue weighted by Crippen LogP contribution is 2.46. The third-order valence-electron chi connectivity index (χ3n) is 5.75. The van der Waals surface area contributed by atoms with Crippen LogP contribution in [0.3, 0.4) is 0 Å². The van der Waals surface area contributed by atoms with Gasteiger partial charge in [0.1, 0.15) is 5.25 Å². The minimum absolute atomic E-state index is 0.0241. The molecule has 166 valence electrons. The summed E-state index contributed by atoms with van der Waals surface area (Å²) < 4.78 is 67.5. The monoisotopic (exact) mass is 455 g/mol. The van der Waals surface area contributed by atoms with E-state index in [2.05, 4.69) is 10.3 Å². The third-order valence-corrected chi connectivity index (χ3v) is 8.05. The average molecular weight is 455 g/mol. The van der Waals surface area contributed by atoms with E-state index >= 15 is 0 Å². The standard InChI is InChI=1S/C20H20F3N3O4S/c21-20(22,23)12-4-5-25-17(10-12)13-2-1-3-14-15(13)11-16(19(27)28)18(14)31(29,30)26-8-6-24-7-9-26/h1-5,10,16,18,24H,6-9,11H2,(H,27,28). The summed E-state index contributed by atoms with van der Waals surface area (Å²) in [5.41, 5.74) is 0.171. The number of hydrogen-bond acceptors (Lipinski definition) is 5. The SMILES string of the molecule is O=C(O)C1Cc2c(-c3cc(C(F)(F)F)ccn3)cccc2C1S(=O)(=O)N1CCNCC1. The van der Waals surface area contributed by atoms with Crippen molar-refractivity contribution in [1.29, 1.82) is 0 Å². The number of carbonyl (C=O) groups is 1. The first-order valence-corrected chi connectivity index (χ1v) is 11.2. The van der Waals surface area contributed by atoms with Crippen LogP contribution in [-0.4, -0.2) is 55.0 Å². The van der Waals surface area contributed by atoms with Crippen LogP contribution in [0.4, 0.5) is 13.2 Å². The molecule has 0 bridgehead atoms. The molecule has 2 heterocycles. The van der Waals surface area contributed by atoms with Crippen LogP contribution in [0.15, 0.2) is 36.5 Å². The van der Waals surface area contributed by atoms with Crippen molar-refractivity contribution in [2.45, 2.75) is 17.8 Å². The largest absolute Gasteiger partial charge is 0.481 e. The molecule has 1 aliphatic carbocycles. The van der Waals surface area contributed by atoms with Gasteiger partial charge in [-0.1, -0.05) is 18.2 Å². The zero-order valence-electron chi connectivity index (χ0n) is 16.3. The fourth-order valence-corrected chi connectivity index (χ4v) is 6.46. The van der Waals surface area contributed by atoms with Crippen LogP contribution >= 0.6 is 0 Å². The molecule has 2 aromatic rings. The summed E-state index contributed by atoms with van der Waals surface area (Å²) in [5.74, 6) is -2.50. The second-order valence-electron chi connectivity index (χ2n) is 7.56. The molecule has 11 heteroatoms. The number of aromatic nitrogens is 1. The zero-order chi connectivity index (χ0) is 22.4. The smallest absolute Gasteiger partial charge is 0.416 e. The van der Waals surface area contributed by atoms with E-state index in [1.165, 1.54) is 10.4 Å². The van der Waals surface area contributed by atoms with Crippen molar-refractivity contribution < 1.29 is 31.5 Å². The van der Waals surface area contributed by atoms with Gasteiger partial charge in [0, 0.05) is 37.9 Å². The number of pyridine rings is 1. The lowest BCUT2D eigenvalue weighted by molar-refractivity contribution is -0.141. The molecule has 2 atom stereocenters. The number of halogens is 3. The molecule has 1 aromatic heterocycles. The number of carboxylic acid groups (broad SMARTS) is 1. The molecule has 2 unspecified atom stereocenters. The predicted molar refractivity (Wildman–Crippen MR) is 106 cm³/mol. The number of nitrogens with one attached hydrogen (secondary N) is 1. The molecule has 2 aliphatic rings. The van der Waals surface area contributed by atoms with Crippen LogP contribution in [0, 0.1) is 5.92 Å². The van der Waals surface area contributed by atoms with E-state index in [0.717, 1.165) is 18.3 Å².